The summed E-state index contributed by atoms with van der Waals surface area (Å²) in [6.07, 6.45) is 0.642. The van der Waals surface area contributed by atoms with E-state index in [4.69, 9.17) is 21.8 Å². The van der Waals surface area contributed by atoms with Gasteiger partial charge in [0.2, 0.25) is 0 Å². The van der Waals surface area contributed by atoms with E-state index < -0.39 is 0 Å². The van der Waals surface area contributed by atoms with Gasteiger partial charge in [0.1, 0.15) is 11.3 Å². The standard InChI is InChI=1S/C17H14ClNO2/c1-2-14-16(12-5-3-4-6-15(12)21-14)17(20)11-8-7-10(18)9-13(11)19/h3-9H,2,19H2,1H3. The van der Waals surface area contributed by atoms with Gasteiger partial charge in [-0.1, -0.05) is 36.7 Å². The molecule has 0 atom stereocenters. The largest absolute Gasteiger partial charge is 0.460 e. The molecule has 3 rings (SSSR count). The number of ketones is 1. The summed E-state index contributed by atoms with van der Waals surface area (Å²) in [5.41, 5.74) is 8.05. The molecular formula is C17H14ClNO2. The van der Waals surface area contributed by atoms with E-state index in [0.29, 0.717) is 39.6 Å². The normalized spacial score (nSPS) is 11.0. The number of nitrogens with two attached hydrogens (primary N) is 1. The number of carbonyl (C=O) groups is 1. The van der Waals surface area contributed by atoms with Crippen molar-refractivity contribution in [2.75, 3.05) is 5.73 Å². The van der Waals surface area contributed by atoms with Gasteiger partial charge in [0.15, 0.2) is 5.78 Å². The van der Waals surface area contributed by atoms with Gasteiger partial charge in [-0.25, -0.2) is 0 Å². The lowest BCUT2D eigenvalue weighted by molar-refractivity contribution is 0.103. The molecule has 106 valence electrons. The van der Waals surface area contributed by atoms with Crippen molar-refractivity contribution in [3.05, 3.63) is 64.4 Å². The summed E-state index contributed by atoms with van der Waals surface area (Å²) in [7, 11) is 0. The zero-order valence-corrected chi connectivity index (χ0v) is 12.3. The SMILES string of the molecule is CCc1oc2ccccc2c1C(=O)c1ccc(Cl)cc1N. The van der Waals surface area contributed by atoms with Crippen LogP contribution in [0.4, 0.5) is 5.69 Å². The number of rotatable bonds is 3. The maximum Gasteiger partial charge on any atom is 0.199 e. The van der Waals surface area contributed by atoms with Gasteiger partial charge < -0.3 is 10.2 Å². The molecule has 0 radical (unpaired) electrons. The van der Waals surface area contributed by atoms with Crippen LogP contribution < -0.4 is 5.73 Å². The highest BCUT2D eigenvalue weighted by molar-refractivity contribution is 6.31. The number of benzene rings is 2. The van der Waals surface area contributed by atoms with E-state index in [0.717, 1.165) is 5.39 Å². The predicted molar refractivity (Wildman–Crippen MR) is 84.9 cm³/mol. The Labute approximate surface area is 127 Å². The van der Waals surface area contributed by atoms with E-state index in [1.165, 1.54) is 0 Å². The zero-order valence-electron chi connectivity index (χ0n) is 11.5. The first-order valence-electron chi connectivity index (χ1n) is 6.72. The van der Waals surface area contributed by atoms with Crippen molar-refractivity contribution >= 4 is 34.0 Å². The second-order valence-corrected chi connectivity index (χ2v) is 5.25. The molecule has 0 saturated heterocycles. The number of fused-ring (bicyclic) bond motifs is 1. The fourth-order valence-corrected chi connectivity index (χ4v) is 2.65. The lowest BCUT2D eigenvalue weighted by Crippen LogP contribution is -2.06. The van der Waals surface area contributed by atoms with Gasteiger partial charge in [-0.05, 0) is 24.3 Å². The van der Waals surface area contributed by atoms with Crippen molar-refractivity contribution in [2.24, 2.45) is 0 Å². The molecule has 0 saturated carbocycles. The van der Waals surface area contributed by atoms with Crippen LogP contribution in [0.2, 0.25) is 5.02 Å². The average molecular weight is 300 g/mol. The molecular weight excluding hydrogens is 286 g/mol. The lowest BCUT2D eigenvalue weighted by atomic mass is 9.98. The van der Waals surface area contributed by atoms with E-state index in [9.17, 15) is 4.79 Å². The minimum Gasteiger partial charge on any atom is -0.460 e. The Bertz CT molecular complexity index is 836. The van der Waals surface area contributed by atoms with E-state index in [1.807, 2.05) is 31.2 Å². The van der Waals surface area contributed by atoms with Crippen LogP contribution in [0.1, 0.15) is 28.6 Å². The molecule has 1 aromatic heterocycles. The molecule has 0 amide bonds. The first-order valence-corrected chi connectivity index (χ1v) is 7.09. The Morgan fingerprint density at radius 2 is 2.00 bits per heavy atom. The molecule has 21 heavy (non-hydrogen) atoms. The summed E-state index contributed by atoms with van der Waals surface area (Å²) in [6.45, 7) is 1.96. The number of carbonyl (C=O) groups excluding carboxylic acids is 1. The molecule has 3 aromatic rings. The van der Waals surface area contributed by atoms with Gasteiger partial charge in [0.05, 0.1) is 5.56 Å². The Morgan fingerprint density at radius 1 is 1.24 bits per heavy atom. The van der Waals surface area contributed by atoms with Gasteiger partial charge in [-0.2, -0.15) is 0 Å². The van der Waals surface area contributed by atoms with Crippen LogP contribution in [0.5, 0.6) is 0 Å². The van der Waals surface area contributed by atoms with Gasteiger partial charge in [0, 0.05) is 28.1 Å². The molecule has 2 N–H and O–H groups in total. The molecule has 4 heteroatoms. The van der Waals surface area contributed by atoms with Crippen LogP contribution in [-0.4, -0.2) is 5.78 Å². The molecule has 0 aliphatic rings. The van der Waals surface area contributed by atoms with Crippen LogP contribution in [0, 0.1) is 0 Å². The van der Waals surface area contributed by atoms with E-state index in [2.05, 4.69) is 0 Å². The third-order valence-corrected chi connectivity index (χ3v) is 3.71. The molecule has 0 fully saturated rings. The fraction of sp³-hybridized carbons (Fsp3) is 0.118. The van der Waals surface area contributed by atoms with Crippen molar-refractivity contribution in [1.82, 2.24) is 0 Å². The van der Waals surface area contributed by atoms with Crippen LogP contribution in [-0.2, 0) is 6.42 Å². The Morgan fingerprint density at radius 3 is 2.71 bits per heavy atom. The zero-order chi connectivity index (χ0) is 15.0. The van der Waals surface area contributed by atoms with Crippen LogP contribution >= 0.6 is 11.6 Å². The molecule has 0 unspecified atom stereocenters. The van der Waals surface area contributed by atoms with Crippen LogP contribution in [0.15, 0.2) is 46.9 Å². The van der Waals surface area contributed by atoms with Crippen molar-refractivity contribution < 1.29 is 9.21 Å². The maximum atomic E-state index is 12.9. The molecule has 0 spiro atoms. The fourth-order valence-electron chi connectivity index (χ4n) is 2.47. The maximum absolute atomic E-state index is 12.9. The summed E-state index contributed by atoms with van der Waals surface area (Å²) in [5, 5.41) is 1.32. The molecule has 0 aliphatic carbocycles. The highest BCUT2D eigenvalue weighted by Gasteiger charge is 2.22. The van der Waals surface area contributed by atoms with Crippen molar-refractivity contribution in [2.45, 2.75) is 13.3 Å². The van der Waals surface area contributed by atoms with E-state index in [1.54, 1.807) is 18.2 Å². The van der Waals surface area contributed by atoms with Crippen molar-refractivity contribution in [3.8, 4) is 0 Å². The van der Waals surface area contributed by atoms with E-state index >= 15 is 0 Å². The molecule has 2 aromatic carbocycles. The minimum absolute atomic E-state index is 0.133. The molecule has 3 nitrogen and oxygen atoms in total. The Hall–Kier alpha value is -2.26. The molecule has 0 bridgehead atoms. The van der Waals surface area contributed by atoms with Crippen LogP contribution in [0.3, 0.4) is 0 Å². The van der Waals surface area contributed by atoms with Crippen molar-refractivity contribution in [3.63, 3.8) is 0 Å². The number of aryl methyl sites for hydroxylation is 1. The first kappa shape index (κ1) is 13.7. The first-order chi connectivity index (χ1) is 10.1. The topological polar surface area (TPSA) is 56.2 Å². The van der Waals surface area contributed by atoms with E-state index in [-0.39, 0.29) is 5.78 Å². The second kappa shape index (κ2) is 5.26. The van der Waals surface area contributed by atoms with Crippen LogP contribution in [0.25, 0.3) is 11.0 Å². The number of furan rings is 1. The smallest absolute Gasteiger partial charge is 0.199 e. The predicted octanol–water partition coefficient (Wildman–Crippen LogP) is 4.46. The average Bonchev–Trinajstić information content (AvgIpc) is 2.85. The molecule has 1 heterocycles. The number of hydrogen-bond donors (Lipinski definition) is 1. The van der Waals surface area contributed by atoms with Gasteiger partial charge in [-0.3, -0.25) is 4.79 Å². The summed E-state index contributed by atoms with van der Waals surface area (Å²) < 4.78 is 5.77. The minimum atomic E-state index is -0.133. The van der Waals surface area contributed by atoms with Gasteiger partial charge in [0.25, 0.3) is 0 Å². The highest BCUT2D eigenvalue weighted by Crippen LogP contribution is 2.30. The van der Waals surface area contributed by atoms with Gasteiger partial charge >= 0.3 is 0 Å². The van der Waals surface area contributed by atoms with Crippen molar-refractivity contribution in [1.29, 1.82) is 0 Å². The number of hydrogen-bond acceptors (Lipinski definition) is 3. The third-order valence-electron chi connectivity index (χ3n) is 3.47. The summed E-state index contributed by atoms with van der Waals surface area (Å²) in [6, 6.07) is 12.4. The number of nitrogen functional groups attached to an aromatic ring is 1. The summed E-state index contributed by atoms with van der Waals surface area (Å²) in [5.74, 6) is 0.543. The Balaban J connectivity index is 2.21. The number of halogens is 1. The summed E-state index contributed by atoms with van der Waals surface area (Å²) >= 11 is 5.89. The lowest BCUT2D eigenvalue weighted by Gasteiger charge is -2.05. The Kier molecular flexibility index (Phi) is 3.43. The molecule has 0 aliphatic heterocycles. The highest BCUT2D eigenvalue weighted by atomic mass is 35.5. The second-order valence-electron chi connectivity index (χ2n) is 4.81. The summed E-state index contributed by atoms with van der Waals surface area (Å²) in [4.78, 5) is 12.9. The number of para-hydroxylation sites is 1. The monoisotopic (exact) mass is 299 g/mol. The van der Waals surface area contributed by atoms with Gasteiger partial charge in [-0.15, -0.1) is 0 Å². The number of anilines is 1. The quantitative estimate of drug-likeness (QED) is 0.574. The third kappa shape index (κ3) is 2.30.